The maximum Gasteiger partial charge on any atom is 0.258 e. The van der Waals surface area contributed by atoms with Crippen LogP contribution in [-0.2, 0) is 0 Å². The number of aromatic nitrogens is 5. The Hall–Kier alpha value is -2.32. The summed E-state index contributed by atoms with van der Waals surface area (Å²) in [5.41, 5.74) is 2.76. The van der Waals surface area contributed by atoms with Crippen molar-refractivity contribution in [2.75, 3.05) is 26.7 Å². The molecule has 3 aromatic heterocycles. The van der Waals surface area contributed by atoms with E-state index in [4.69, 9.17) is 14.5 Å². The lowest BCUT2D eigenvalue weighted by atomic mass is 10.1. The molecule has 27 heavy (non-hydrogen) atoms. The molecule has 0 radical (unpaired) electrons. The van der Waals surface area contributed by atoms with E-state index in [1.165, 1.54) is 0 Å². The maximum absolute atomic E-state index is 5.68. The van der Waals surface area contributed by atoms with E-state index in [0.717, 1.165) is 41.9 Å². The molecule has 8 nitrogen and oxygen atoms in total. The Labute approximate surface area is 159 Å². The number of hydrogen-bond acceptors (Lipinski definition) is 7. The molecule has 0 bridgehead atoms. The van der Waals surface area contributed by atoms with Crippen LogP contribution in [-0.4, -0.2) is 56.5 Å². The molecule has 1 fully saturated rings. The fraction of sp³-hybridized carbons (Fsp3) is 0.579. The third-order valence-corrected chi connectivity index (χ3v) is 5.15. The second-order valence-corrected chi connectivity index (χ2v) is 7.83. The molecule has 0 amide bonds. The van der Waals surface area contributed by atoms with E-state index in [1.54, 1.807) is 0 Å². The number of nitrogens with zero attached hydrogens (tertiary/aromatic N) is 6. The minimum absolute atomic E-state index is 0.122. The Morgan fingerprint density at radius 3 is 2.74 bits per heavy atom. The summed E-state index contributed by atoms with van der Waals surface area (Å²) in [5.74, 6) is 1.54. The standard InChI is InChI=1S/C19H27N7O/c1-11(2)15-8-13(14-9-21-26(12(3)4)18(14)22-15)19-23-17(24-27-19)16-10-20-6-7-25(16)5/h8-9,11-12,16,20H,6-7,10H2,1-5H3. The van der Waals surface area contributed by atoms with Crippen molar-refractivity contribution < 1.29 is 4.52 Å². The maximum atomic E-state index is 5.68. The van der Waals surface area contributed by atoms with Crippen molar-refractivity contribution in [1.29, 1.82) is 0 Å². The zero-order chi connectivity index (χ0) is 19.1. The lowest BCUT2D eigenvalue weighted by Crippen LogP contribution is -2.44. The van der Waals surface area contributed by atoms with Gasteiger partial charge in [-0.2, -0.15) is 10.1 Å². The minimum atomic E-state index is 0.122. The largest absolute Gasteiger partial charge is 0.334 e. The predicted molar refractivity (Wildman–Crippen MR) is 104 cm³/mol. The SMILES string of the molecule is CC(C)c1cc(-c2nc(C3CNCCN3C)no2)c2cnn(C(C)C)c2n1. The second-order valence-electron chi connectivity index (χ2n) is 7.83. The molecule has 144 valence electrons. The Morgan fingerprint density at radius 1 is 1.22 bits per heavy atom. The van der Waals surface area contributed by atoms with E-state index in [2.05, 4.69) is 61.3 Å². The third-order valence-electron chi connectivity index (χ3n) is 5.15. The molecule has 4 heterocycles. The van der Waals surface area contributed by atoms with Gasteiger partial charge in [0.25, 0.3) is 5.89 Å². The summed E-state index contributed by atoms with van der Waals surface area (Å²) in [6.07, 6.45) is 1.85. The van der Waals surface area contributed by atoms with Crippen LogP contribution >= 0.6 is 0 Å². The summed E-state index contributed by atoms with van der Waals surface area (Å²) in [6.45, 7) is 11.2. The normalized spacial score (nSPS) is 18.9. The molecule has 0 aliphatic carbocycles. The number of rotatable bonds is 4. The highest BCUT2D eigenvalue weighted by molar-refractivity contribution is 5.90. The van der Waals surface area contributed by atoms with Crippen molar-refractivity contribution in [3.05, 3.63) is 23.8 Å². The molecule has 3 aromatic rings. The number of likely N-dealkylation sites (N-methyl/N-ethyl adjacent to an activating group) is 1. The van der Waals surface area contributed by atoms with Crippen LogP contribution in [0.5, 0.6) is 0 Å². The van der Waals surface area contributed by atoms with Gasteiger partial charge >= 0.3 is 0 Å². The van der Waals surface area contributed by atoms with Gasteiger partial charge in [0.15, 0.2) is 11.5 Å². The van der Waals surface area contributed by atoms with E-state index in [9.17, 15) is 0 Å². The molecule has 1 N–H and O–H groups in total. The van der Waals surface area contributed by atoms with E-state index in [-0.39, 0.29) is 12.1 Å². The number of hydrogen-bond donors (Lipinski definition) is 1. The van der Waals surface area contributed by atoms with Gasteiger partial charge in [-0.1, -0.05) is 19.0 Å². The summed E-state index contributed by atoms with van der Waals surface area (Å²) in [7, 11) is 2.09. The number of fused-ring (bicyclic) bond motifs is 1. The first-order valence-corrected chi connectivity index (χ1v) is 9.58. The summed E-state index contributed by atoms with van der Waals surface area (Å²) in [5, 5.41) is 13.1. The van der Waals surface area contributed by atoms with Gasteiger partial charge in [-0.25, -0.2) is 9.67 Å². The Morgan fingerprint density at radius 2 is 2.04 bits per heavy atom. The zero-order valence-electron chi connectivity index (χ0n) is 16.6. The summed E-state index contributed by atoms with van der Waals surface area (Å²) in [4.78, 5) is 11.8. The van der Waals surface area contributed by atoms with Gasteiger partial charge in [-0.05, 0) is 32.9 Å². The van der Waals surface area contributed by atoms with Crippen molar-refractivity contribution in [3.63, 3.8) is 0 Å². The van der Waals surface area contributed by atoms with Crippen LogP contribution in [0.25, 0.3) is 22.5 Å². The molecule has 1 atom stereocenters. The van der Waals surface area contributed by atoms with E-state index in [1.807, 2.05) is 10.9 Å². The molecular weight excluding hydrogens is 342 g/mol. The van der Waals surface area contributed by atoms with Crippen molar-refractivity contribution in [3.8, 4) is 11.5 Å². The molecule has 0 saturated carbocycles. The summed E-state index contributed by atoms with van der Waals surface area (Å²) in [6, 6.07) is 2.40. The molecule has 0 aromatic carbocycles. The van der Waals surface area contributed by atoms with Gasteiger partial charge in [0.1, 0.15) is 0 Å². The highest BCUT2D eigenvalue weighted by Gasteiger charge is 2.26. The average Bonchev–Trinajstić information content (AvgIpc) is 3.28. The monoisotopic (exact) mass is 369 g/mol. The first-order chi connectivity index (χ1) is 13.0. The van der Waals surface area contributed by atoms with E-state index >= 15 is 0 Å². The van der Waals surface area contributed by atoms with Crippen LogP contribution in [0, 0.1) is 0 Å². The molecule has 0 spiro atoms. The van der Waals surface area contributed by atoms with Crippen molar-refractivity contribution >= 4 is 11.0 Å². The predicted octanol–water partition coefficient (Wildman–Crippen LogP) is 2.76. The van der Waals surface area contributed by atoms with Gasteiger partial charge in [0.2, 0.25) is 0 Å². The lowest BCUT2D eigenvalue weighted by Gasteiger charge is -2.30. The van der Waals surface area contributed by atoms with Crippen molar-refractivity contribution in [1.82, 2.24) is 35.1 Å². The molecule has 1 aliphatic rings. The molecule has 1 aliphatic heterocycles. The quantitative estimate of drug-likeness (QED) is 0.757. The van der Waals surface area contributed by atoms with Crippen LogP contribution in [0.2, 0.25) is 0 Å². The topological polar surface area (TPSA) is 84.9 Å². The Kier molecular flexibility index (Phi) is 4.69. The first-order valence-electron chi connectivity index (χ1n) is 9.58. The van der Waals surface area contributed by atoms with Crippen molar-refractivity contribution in [2.45, 2.75) is 45.7 Å². The fourth-order valence-electron chi connectivity index (χ4n) is 3.46. The highest BCUT2D eigenvalue weighted by Crippen LogP contribution is 2.31. The second kappa shape index (κ2) is 7.01. The van der Waals surface area contributed by atoms with Crippen LogP contribution in [0.3, 0.4) is 0 Å². The molecule has 4 rings (SSSR count). The summed E-state index contributed by atoms with van der Waals surface area (Å²) < 4.78 is 7.63. The van der Waals surface area contributed by atoms with Gasteiger partial charge in [-0.3, -0.25) is 4.90 Å². The van der Waals surface area contributed by atoms with Crippen LogP contribution in [0.1, 0.15) is 57.2 Å². The van der Waals surface area contributed by atoms with Crippen molar-refractivity contribution in [2.24, 2.45) is 0 Å². The Balaban J connectivity index is 1.81. The smallest absolute Gasteiger partial charge is 0.258 e. The van der Waals surface area contributed by atoms with Gasteiger partial charge in [0, 0.05) is 31.4 Å². The van der Waals surface area contributed by atoms with Gasteiger partial charge < -0.3 is 9.84 Å². The number of nitrogens with one attached hydrogen (secondary N) is 1. The molecule has 8 heteroatoms. The molecule has 1 saturated heterocycles. The minimum Gasteiger partial charge on any atom is -0.334 e. The first kappa shape index (κ1) is 18.1. The summed E-state index contributed by atoms with van der Waals surface area (Å²) >= 11 is 0. The van der Waals surface area contributed by atoms with Crippen LogP contribution < -0.4 is 5.32 Å². The van der Waals surface area contributed by atoms with Crippen LogP contribution in [0.4, 0.5) is 0 Å². The van der Waals surface area contributed by atoms with Gasteiger partial charge in [-0.15, -0.1) is 0 Å². The van der Waals surface area contributed by atoms with E-state index < -0.39 is 0 Å². The van der Waals surface area contributed by atoms with E-state index in [0.29, 0.717) is 17.6 Å². The lowest BCUT2D eigenvalue weighted by molar-refractivity contribution is 0.190. The molecule has 1 unspecified atom stereocenters. The third kappa shape index (κ3) is 3.23. The highest BCUT2D eigenvalue weighted by atomic mass is 16.5. The Bertz CT molecular complexity index is 943. The average molecular weight is 369 g/mol. The van der Waals surface area contributed by atoms with Gasteiger partial charge in [0.05, 0.1) is 23.2 Å². The number of piperazine rings is 1. The number of pyridine rings is 1. The zero-order valence-corrected chi connectivity index (χ0v) is 16.6. The van der Waals surface area contributed by atoms with Crippen LogP contribution in [0.15, 0.2) is 16.8 Å². The molecular formula is C19H27N7O. The fourth-order valence-corrected chi connectivity index (χ4v) is 3.46.